The number of carbonyl (C=O) groups excluding carboxylic acids is 2. The summed E-state index contributed by atoms with van der Waals surface area (Å²) in [6.07, 6.45) is -0.504. The Balaban J connectivity index is 3.17. The van der Waals surface area contributed by atoms with Crippen LogP contribution in [0.25, 0.3) is 0 Å². The summed E-state index contributed by atoms with van der Waals surface area (Å²) in [5.41, 5.74) is -1.09. The van der Waals surface area contributed by atoms with E-state index >= 15 is 0 Å². The Morgan fingerprint density at radius 2 is 2.00 bits per heavy atom. The van der Waals surface area contributed by atoms with E-state index in [-0.39, 0.29) is 18.7 Å². The van der Waals surface area contributed by atoms with Gasteiger partial charge >= 0.3 is 11.9 Å². The first kappa shape index (κ1) is 17.8. The molecule has 0 saturated heterocycles. The van der Waals surface area contributed by atoms with Gasteiger partial charge in [-0.3, -0.25) is 9.59 Å². The van der Waals surface area contributed by atoms with E-state index in [1.54, 1.807) is 13.8 Å². The Morgan fingerprint density at radius 3 is 2.50 bits per heavy atom. The van der Waals surface area contributed by atoms with E-state index in [1.165, 1.54) is 0 Å². The van der Waals surface area contributed by atoms with E-state index in [9.17, 15) is 23.9 Å². The second-order valence-electron chi connectivity index (χ2n) is 4.10. The van der Waals surface area contributed by atoms with Gasteiger partial charge in [0.15, 0.2) is 11.0 Å². The highest BCUT2D eigenvalue weighted by Crippen LogP contribution is 2.28. The maximum atomic E-state index is 14.0. The number of pyridine rings is 1. The summed E-state index contributed by atoms with van der Waals surface area (Å²) in [4.78, 5) is 37.8. The molecule has 0 spiro atoms. The van der Waals surface area contributed by atoms with E-state index in [0.717, 1.165) is 0 Å². The number of amides is 1. The summed E-state index contributed by atoms with van der Waals surface area (Å²) in [7, 11) is 0. The molecule has 22 heavy (non-hydrogen) atoms. The number of nitrogens with one attached hydrogen (secondary N) is 1. The number of carboxylic acids is 1. The van der Waals surface area contributed by atoms with Gasteiger partial charge in [0.25, 0.3) is 0 Å². The van der Waals surface area contributed by atoms with Crippen molar-refractivity contribution in [2.75, 3.05) is 11.9 Å². The zero-order valence-electron chi connectivity index (χ0n) is 11.9. The molecule has 0 atom stereocenters. The first-order valence-electron chi connectivity index (χ1n) is 6.38. The SMILES string of the molecule is CCOC(=O)CC(=O)Nc1c(F)c(Cl)nc(CC)c1C(=O)O. The molecule has 0 unspecified atom stereocenters. The van der Waals surface area contributed by atoms with Gasteiger partial charge < -0.3 is 15.2 Å². The normalized spacial score (nSPS) is 10.2. The van der Waals surface area contributed by atoms with Crippen LogP contribution in [0, 0.1) is 5.82 Å². The van der Waals surface area contributed by atoms with E-state index in [0.29, 0.717) is 0 Å². The Bertz CT molecular complexity index is 621. The molecule has 0 aliphatic carbocycles. The highest BCUT2D eigenvalue weighted by atomic mass is 35.5. The minimum absolute atomic E-state index is 0.0188. The first-order valence-corrected chi connectivity index (χ1v) is 6.76. The zero-order valence-corrected chi connectivity index (χ0v) is 12.7. The average molecular weight is 333 g/mol. The summed E-state index contributed by atoms with van der Waals surface area (Å²) in [6, 6.07) is 0. The fraction of sp³-hybridized carbons (Fsp3) is 0.385. The lowest BCUT2D eigenvalue weighted by atomic mass is 10.1. The lowest BCUT2D eigenvalue weighted by molar-refractivity contribution is -0.145. The van der Waals surface area contributed by atoms with Crippen molar-refractivity contribution in [1.29, 1.82) is 0 Å². The quantitative estimate of drug-likeness (QED) is 0.469. The maximum absolute atomic E-state index is 14.0. The molecule has 0 saturated carbocycles. The van der Waals surface area contributed by atoms with Crippen molar-refractivity contribution in [1.82, 2.24) is 4.98 Å². The summed E-state index contributed by atoms with van der Waals surface area (Å²) < 4.78 is 18.6. The molecule has 9 heteroatoms. The van der Waals surface area contributed by atoms with Gasteiger partial charge in [-0.05, 0) is 13.3 Å². The van der Waals surface area contributed by atoms with Crippen LogP contribution in [-0.2, 0) is 20.7 Å². The van der Waals surface area contributed by atoms with E-state index in [1.807, 2.05) is 5.32 Å². The maximum Gasteiger partial charge on any atom is 0.339 e. The third-order valence-corrected chi connectivity index (χ3v) is 2.85. The number of aromatic nitrogens is 1. The van der Waals surface area contributed by atoms with Crippen molar-refractivity contribution >= 4 is 35.1 Å². The van der Waals surface area contributed by atoms with Gasteiger partial charge in [0.1, 0.15) is 12.0 Å². The highest BCUT2D eigenvalue weighted by Gasteiger charge is 2.25. The molecule has 1 aromatic heterocycles. The molecule has 1 rings (SSSR count). The van der Waals surface area contributed by atoms with Crippen LogP contribution in [0.2, 0.25) is 5.15 Å². The molecular weight excluding hydrogens is 319 g/mol. The Labute approximate surface area is 130 Å². The number of rotatable bonds is 6. The Kier molecular flexibility index (Phi) is 6.24. The van der Waals surface area contributed by atoms with Crippen molar-refractivity contribution in [3.8, 4) is 0 Å². The van der Waals surface area contributed by atoms with Gasteiger partial charge in [0, 0.05) is 0 Å². The topological polar surface area (TPSA) is 106 Å². The van der Waals surface area contributed by atoms with Crippen molar-refractivity contribution in [3.63, 3.8) is 0 Å². The number of ether oxygens (including phenoxy) is 1. The van der Waals surface area contributed by atoms with Gasteiger partial charge in [-0.1, -0.05) is 18.5 Å². The van der Waals surface area contributed by atoms with E-state index in [4.69, 9.17) is 11.6 Å². The summed E-state index contributed by atoms with van der Waals surface area (Å²) in [6.45, 7) is 3.25. The summed E-state index contributed by atoms with van der Waals surface area (Å²) in [5, 5.41) is 10.7. The molecule has 0 bridgehead atoms. The molecule has 0 aliphatic heterocycles. The van der Waals surface area contributed by atoms with E-state index in [2.05, 4.69) is 9.72 Å². The van der Waals surface area contributed by atoms with Crippen LogP contribution in [0.4, 0.5) is 10.1 Å². The fourth-order valence-corrected chi connectivity index (χ4v) is 1.91. The number of hydrogen-bond acceptors (Lipinski definition) is 5. The number of carbonyl (C=O) groups is 3. The molecule has 2 N–H and O–H groups in total. The van der Waals surface area contributed by atoms with Crippen molar-refractivity contribution in [2.24, 2.45) is 0 Å². The predicted molar refractivity (Wildman–Crippen MR) is 75.4 cm³/mol. The van der Waals surface area contributed by atoms with Gasteiger partial charge in [-0.15, -0.1) is 0 Å². The van der Waals surface area contributed by atoms with Crippen LogP contribution < -0.4 is 5.32 Å². The minimum atomic E-state index is -1.47. The summed E-state index contributed by atoms with van der Waals surface area (Å²) >= 11 is 5.59. The third kappa shape index (κ3) is 4.14. The third-order valence-electron chi connectivity index (χ3n) is 2.60. The van der Waals surface area contributed by atoms with Gasteiger partial charge in [-0.25, -0.2) is 14.2 Å². The van der Waals surface area contributed by atoms with E-state index < -0.39 is 46.5 Å². The lowest BCUT2D eigenvalue weighted by Gasteiger charge is -2.13. The van der Waals surface area contributed by atoms with Crippen LogP contribution in [0.1, 0.15) is 36.3 Å². The average Bonchev–Trinajstić information content (AvgIpc) is 2.43. The predicted octanol–water partition coefficient (Wildman–Crippen LogP) is 2.03. The number of nitrogens with zero attached hydrogens (tertiary/aromatic N) is 1. The van der Waals surface area contributed by atoms with Crippen LogP contribution >= 0.6 is 11.6 Å². The smallest absolute Gasteiger partial charge is 0.339 e. The van der Waals surface area contributed by atoms with Crippen LogP contribution in [0.5, 0.6) is 0 Å². The largest absolute Gasteiger partial charge is 0.478 e. The number of anilines is 1. The molecular formula is C13H14ClFN2O5. The number of halogens is 2. The molecule has 0 radical (unpaired) electrons. The lowest BCUT2D eigenvalue weighted by Crippen LogP contribution is -2.22. The number of carboxylic acid groups (broad SMARTS) is 1. The molecule has 1 aromatic rings. The molecule has 7 nitrogen and oxygen atoms in total. The highest BCUT2D eigenvalue weighted by molar-refractivity contribution is 6.30. The second-order valence-corrected chi connectivity index (χ2v) is 4.46. The number of esters is 1. The number of aromatic carboxylic acids is 1. The first-order chi connectivity index (χ1) is 10.3. The monoisotopic (exact) mass is 332 g/mol. The van der Waals surface area contributed by atoms with Gasteiger partial charge in [0.2, 0.25) is 5.91 Å². The Morgan fingerprint density at radius 1 is 1.36 bits per heavy atom. The fourth-order valence-electron chi connectivity index (χ4n) is 1.71. The van der Waals surface area contributed by atoms with Crippen molar-refractivity contribution in [2.45, 2.75) is 26.7 Å². The molecule has 1 heterocycles. The zero-order chi connectivity index (χ0) is 16.9. The minimum Gasteiger partial charge on any atom is -0.478 e. The molecule has 0 aliphatic rings. The standard InChI is InChI=1S/C13H14ClFN2O5/c1-3-6-9(13(20)21)11(10(15)12(14)16-6)17-7(18)5-8(19)22-4-2/h3-5H2,1-2H3,(H,20,21)(H,16,17,18). The van der Waals surface area contributed by atoms with Crippen molar-refractivity contribution in [3.05, 3.63) is 22.2 Å². The second kappa shape index (κ2) is 7.69. The van der Waals surface area contributed by atoms with Crippen LogP contribution in [0.3, 0.4) is 0 Å². The molecule has 0 fully saturated rings. The molecule has 1 amide bonds. The van der Waals surface area contributed by atoms with Crippen molar-refractivity contribution < 1.29 is 28.6 Å². The van der Waals surface area contributed by atoms with Gasteiger partial charge in [-0.2, -0.15) is 0 Å². The van der Waals surface area contributed by atoms with Gasteiger partial charge in [0.05, 0.1) is 18.0 Å². The number of aryl methyl sites for hydroxylation is 1. The Hall–Kier alpha value is -2.22. The summed E-state index contributed by atoms with van der Waals surface area (Å²) in [5.74, 6) is -4.36. The van der Waals surface area contributed by atoms with Crippen LogP contribution in [-0.4, -0.2) is 34.5 Å². The molecule has 120 valence electrons. The number of hydrogen-bond donors (Lipinski definition) is 2. The molecule has 0 aromatic carbocycles. The van der Waals surface area contributed by atoms with Crippen LogP contribution in [0.15, 0.2) is 0 Å².